The van der Waals surface area contributed by atoms with Gasteiger partial charge in [0.2, 0.25) is 0 Å². The number of morpholine rings is 1. The molecule has 0 aromatic heterocycles. The van der Waals surface area contributed by atoms with Crippen molar-refractivity contribution in [1.29, 1.82) is 0 Å². The van der Waals surface area contributed by atoms with E-state index in [9.17, 15) is 4.39 Å². The van der Waals surface area contributed by atoms with Gasteiger partial charge in [-0.2, -0.15) is 0 Å². The number of hydrogen-bond acceptors (Lipinski definition) is 4. The number of benzene rings is 2. The van der Waals surface area contributed by atoms with Crippen molar-refractivity contribution in [2.24, 2.45) is 4.99 Å². The molecule has 2 aromatic rings. The molecule has 0 amide bonds. The van der Waals surface area contributed by atoms with Crippen molar-refractivity contribution >= 4 is 35.6 Å². The molecule has 0 atom stereocenters. The van der Waals surface area contributed by atoms with Crippen LogP contribution in [0.4, 0.5) is 10.1 Å². The van der Waals surface area contributed by atoms with Crippen LogP contribution in [0, 0.1) is 5.82 Å². The van der Waals surface area contributed by atoms with Gasteiger partial charge in [-0.25, -0.2) is 4.39 Å². The maximum absolute atomic E-state index is 14.6. The van der Waals surface area contributed by atoms with Crippen LogP contribution in [0.15, 0.2) is 47.5 Å². The second-order valence-corrected chi connectivity index (χ2v) is 7.89. The fraction of sp³-hybridized carbons (Fsp3) is 0.480. The molecule has 2 N–H and O–H groups in total. The third-order valence-corrected chi connectivity index (χ3v) is 5.86. The SMILES string of the molecule is CCN(CC)c1ccc(CNC(=NC)NCc2ccccc2CN2CCOCC2)cc1F.I. The molecule has 1 aliphatic heterocycles. The molecule has 0 radical (unpaired) electrons. The average Bonchev–Trinajstić information content (AvgIpc) is 2.82. The molecule has 0 unspecified atom stereocenters. The van der Waals surface area contributed by atoms with E-state index >= 15 is 0 Å². The molecule has 0 aliphatic carbocycles. The van der Waals surface area contributed by atoms with Crippen molar-refractivity contribution in [2.75, 3.05) is 51.3 Å². The Morgan fingerprint density at radius 2 is 1.70 bits per heavy atom. The smallest absolute Gasteiger partial charge is 0.191 e. The topological polar surface area (TPSA) is 52.1 Å². The van der Waals surface area contributed by atoms with E-state index in [-0.39, 0.29) is 29.8 Å². The minimum absolute atomic E-state index is 0. The molecule has 8 heteroatoms. The lowest BCUT2D eigenvalue weighted by Gasteiger charge is -2.27. The summed E-state index contributed by atoms with van der Waals surface area (Å²) in [4.78, 5) is 8.76. The molecule has 2 aromatic carbocycles. The highest BCUT2D eigenvalue weighted by Crippen LogP contribution is 2.20. The first-order chi connectivity index (χ1) is 15.6. The van der Waals surface area contributed by atoms with Crippen LogP contribution in [0.2, 0.25) is 0 Å². The zero-order chi connectivity index (χ0) is 22.8. The lowest BCUT2D eigenvalue weighted by Crippen LogP contribution is -2.37. The van der Waals surface area contributed by atoms with Crippen molar-refractivity contribution in [3.8, 4) is 0 Å². The molecule has 3 rings (SSSR count). The highest BCUT2D eigenvalue weighted by Gasteiger charge is 2.13. The van der Waals surface area contributed by atoms with E-state index in [4.69, 9.17) is 4.74 Å². The molecule has 0 spiro atoms. The Morgan fingerprint density at radius 3 is 2.33 bits per heavy atom. The maximum atomic E-state index is 14.6. The summed E-state index contributed by atoms with van der Waals surface area (Å²) < 4.78 is 20.0. The fourth-order valence-corrected chi connectivity index (χ4v) is 3.95. The summed E-state index contributed by atoms with van der Waals surface area (Å²) in [7, 11) is 1.75. The Bertz CT molecular complexity index is 885. The highest BCUT2D eigenvalue weighted by molar-refractivity contribution is 14.0. The van der Waals surface area contributed by atoms with E-state index in [2.05, 4.69) is 44.8 Å². The molecule has 1 heterocycles. The van der Waals surface area contributed by atoms with Crippen LogP contribution < -0.4 is 15.5 Å². The van der Waals surface area contributed by atoms with Crippen LogP contribution in [0.3, 0.4) is 0 Å². The van der Waals surface area contributed by atoms with Gasteiger partial charge < -0.3 is 20.3 Å². The molecular weight excluding hydrogens is 532 g/mol. The third kappa shape index (κ3) is 8.12. The lowest BCUT2D eigenvalue weighted by molar-refractivity contribution is 0.0341. The minimum Gasteiger partial charge on any atom is -0.379 e. The zero-order valence-electron chi connectivity index (χ0n) is 19.9. The van der Waals surface area contributed by atoms with Crippen LogP contribution in [0.5, 0.6) is 0 Å². The third-order valence-electron chi connectivity index (χ3n) is 5.86. The first-order valence-electron chi connectivity index (χ1n) is 11.5. The first-order valence-corrected chi connectivity index (χ1v) is 11.5. The van der Waals surface area contributed by atoms with Gasteiger partial charge in [0, 0.05) is 52.9 Å². The summed E-state index contributed by atoms with van der Waals surface area (Å²) >= 11 is 0. The van der Waals surface area contributed by atoms with Gasteiger partial charge in [0.1, 0.15) is 5.82 Å². The van der Waals surface area contributed by atoms with Crippen molar-refractivity contribution in [2.45, 2.75) is 33.5 Å². The Kier molecular flexibility index (Phi) is 11.9. The standard InChI is InChI=1S/C25H36FN5O.HI/c1-4-31(5-2)24-11-10-20(16-23(24)26)17-28-25(27-3)29-18-21-8-6-7-9-22(21)19-30-12-14-32-15-13-30;/h6-11,16H,4-5,12-15,17-19H2,1-3H3,(H2,27,28,29);1H. The van der Waals surface area contributed by atoms with E-state index in [1.807, 2.05) is 30.9 Å². The Morgan fingerprint density at radius 1 is 1.03 bits per heavy atom. The molecule has 1 aliphatic rings. The summed E-state index contributed by atoms with van der Waals surface area (Å²) in [5.74, 6) is 0.507. The summed E-state index contributed by atoms with van der Waals surface area (Å²) in [5.41, 5.74) is 4.09. The van der Waals surface area contributed by atoms with Gasteiger partial charge in [-0.3, -0.25) is 9.89 Å². The zero-order valence-corrected chi connectivity index (χ0v) is 22.3. The van der Waals surface area contributed by atoms with Crippen molar-refractivity contribution < 1.29 is 9.13 Å². The molecule has 0 bridgehead atoms. The van der Waals surface area contributed by atoms with Gasteiger partial charge >= 0.3 is 0 Å². The van der Waals surface area contributed by atoms with Gasteiger partial charge in [0.25, 0.3) is 0 Å². The van der Waals surface area contributed by atoms with Crippen molar-refractivity contribution in [1.82, 2.24) is 15.5 Å². The second kappa shape index (κ2) is 14.4. The predicted octanol–water partition coefficient (Wildman–Crippen LogP) is 3.99. The molecule has 6 nitrogen and oxygen atoms in total. The quantitative estimate of drug-likeness (QED) is 0.272. The summed E-state index contributed by atoms with van der Waals surface area (Å²) in [6, 6.07) is 13.9. The first kappa shape index (κ1) is 27.3. The van der Waals surface area contributed by atoms with Crippen LogP contribution in [-0.4, -0.2) is 57.3 Å². The Balaban J connectivity index is 0.00000385. The number of aliphatic imine (C=N–C) groups is 1. The van der Waals surface area contributed by atoms with Crippen molar-refractivity contribution in [3.05, 3.63) is 65.0 Å². The minimum atomic E-state index is -0.187. The normalized spacial score (nSPS) is 14.5. The number of hydrogen-bond donors (Lipinski definition) is 2. The van der Waals surface area contributed by atoms with Crippen molar-refractivity contribution in [3.63, 3.8) is 0 Å². The van der Waals surface area contributed by atoms with E-state index in [0.29, 0.717) is 24.7 Å². The molecule has 0 saturated carbocycles. The van der Waals surface area contributed by atoms with Gasteiger partial charge in [0.15, 0.2) is 5.96 Å². The predicted molar refractivity (Wildman–Crippen MR) is 145 cm³/mol. The summed E-state index contributed by atoms with van der Waals surface area (Å²) in [6.45, 7) is 11.3. The number of nitrogens with zero attached hydrogens (tertiary/aromatic N) is 3. The molecule has 182 valence electrons. The second-order valence-electron chi connectivity index (χ2n) is 7.89. The van der Waals surface area contributed by atoms with Gasteiger partial charge in [-0.1, -0.05) is 30.3 Å². The molecule has 33 heavy (non-hydrogen) atoms. The van der Waals surface area contributed by atoms with Gasteiger partial charge in [-0.15, -0.1) is 24.0 Å². The maximum Gasteiger partial charge on any atom is 0.191 e. The number of nitrogens with one attached hydrogen (secondary N) is 2. The van der Waals surface area contributed by atoms with Gasteiger partial charge in [-0.05, 0) is 42.7 Å². The Hall–Kier alpha value is -1.91. The number of rotatable bonds is 9. The lowest BCUT2D eigenvalue weighted by atomic mass is 10.1. The Labute approximate surface area is 214 Å². The van der Waals surface area contributed by atoms with Crippen LogP contribution >= 0.6 is 24.0 Å². The largest absolute Gasteiger partial charge is 0.379 e. The van der Waals surface area contributed by atoms with E-state index < -0.39 is 0 Å². The molecule has 1 fully saturated rings. The van der Waals surface area contributed by atoms with Gasteiger partial charge in [0.05, 0.1) is 18.9 Å². The van der Waals surface area contributed by atoms with Crippen LogP contribution in [0.25, 0.3) is 0 Å². The average molecular weight is 570 g/mol. The monoisotopic (exact) mass is 569 g/mol. The summed E-state index contributed by atoms with van der Waals surface area (Å²) in [6.07, 6.45) is 0. The fourth-order valence-electron chi connectivity index (χ4n) is 3.95. The number of guanidine groups is 1. The van der Waals surface area contributed by atoms with Crippen LogP contribution in [0.1, 0.15) is 30.5 Å². The molecular formula is C25H37FIN5O. The number of anilines is 1. The van der Waals surface area contributed by atoms with E-state index in [0.717, 1.165) is 51.5 Å². The number of ether oxygens (including phenoxy) is 1. The number of halogens is 2. The van der Waals surface area contributed by atoms with E-state index in [1.165, 1.54) is 11.1 Å². The van der Waals surface area contributed by atoms with Crippen LogP contribution in [-0.2, 0) is 24.4 Å². The summed E-state index contributed by atoms with van der Waals surface area (Å²) in [5, 5.41) is 6.68. The highest BCUT2D eigenvalue weighted by atomic mass is 127. The van der Waals surface area contributed by atoms with E-state index in [1.54, 1.807) is 13.1 Å². The molecule has 1 saturated heterocycles.